The summed E-state index contributed by atoms with van der Waals surface area (Å²) in [4.78, 5) is 33.4. The number of hydrogen-bond donors (Lipinski definition) is 4. The summed E-state index contributed by atoms with van der Waals surface area (Å²) < 4.78 is 5.36. The minimum absolute atomic E-state index is 0.0511. The number of hydrogen-bond acceptors (Lipinski definition) is 6. The Morgan fingerprint density at radius 1 is 1.34 bits per heavy atom. The van der Waals surface area contributed by atoms with E-state index in [1.54, 1.807) is 18.3 Å². The summed E-state index contributed by atoms with van der Waals surface area (Å²) in [6, 6.07) is 5.34. The Labute approximate surface area is 170 Å². The first kappa shape index (κ1) is 20.5. The maximum Gasteiger partial charge on any atom is 0.407 e. The summed E-state index contributed by atoms with van der Waals surface area (Å²) in [7, 11) is 0. The van der Waals surface area contributed by atoms with Crippen LogP contribution in [-0.4, -0.2) is 46.7 Å². The molecule has 0 bridgehead atoms. The van der Waals surface area contributed by atoms with Gasteiger partial charge in [-0.25, -0.2) is 9.78 Å². The standard InChI is InChI=1S/C20H28N6O3/c1-20(2,3)29-19(28)24-14-5-4-10-26(12-14)16-7-6-13(21)11-15(16)25-18(27)17-22-8-9-23-17/h6-9,11,14H,4-5,10,12,21H2,1-3H3,(H,22,23)(H,24,28)(H,25,27)/t14-/m1/s1. The van der Waals surface area contributed by atoms with E-state index in [9.17, 15) is 9.59 Å². The molecule has 2 aromatic rings. The number of benzene rings is 1. The van der Waals surface area contributed by atoms with Gasteiger partial charge in [0.05, 0.1) is 11.4 Å². The van der Waals surface area contributed by atoms with Gasteiger partial charge in [-0.2, -0.15) is 0 Å². The smallest absolute Gasteiger partial charge is 0.407 e. The van der Waals surface area contributed by atoms with Gasteiger partial charge in [-0.3, -0.25) is 4.79 Å². The summed E-state index contributed by atoms with van der Waals surface area (Å²) in [5.41, 5.74) is 7.38. The van der Waals surface area contributed by atoms with Gasteiger partial charge in [0.15, 0.2) is 5.82 Å². The number of carbonyl (C=O) groups is 2. The average Bonchev–Trinajstić information content (AvgIpc) is 3.15. The van der Waals surface area contributed by atoms with Gasteiger partial charge < -0.3 is 31.0 Å². The van der Waals surface area contributed by atoms with E-state index in [-0.39, 0.29) is 17.8 Å². The fourth-order valence-electron chi connectivity index (χ4n) is 3.29. The summed E-state index contributed by atoms with van der Waals surface area (Å²) >= 11 is 0. The molecule has 1 saturated heterocycles. The zero-order valence-electron chi connectivity index (χ0n) is 17.0. The summed E-state index contributed by atoms with van der Waals surface area (Å²) in [6.07, 6.45) is 4.45. The molecular formula is C20H28N6O3. The Balaban J connectivity index is 1.72. The van der Waals surface area contributed by atoms with Gasteiger partial charge in [-0.05, 0) is 51.8 Å². The number of ether oxygens (including phenoxy) is 1. The number of rotatable bonds is 4. The monoisotopic (exact) mass is 400 g/mol. The molecule has 2 heterocycles. The van der Waals surface area contributed by atoms with Gasteiger partial charge in [0, 0.05) is 37.2 Å². The third kappa shape index (κ3) is 5.63. The topological polar surface area (TPSA) is 125 Å². The molecule has 0 saturated carbocycles. The van der Waals surface area contributed by atoms with E-state index in [0.29, 0.717) is 17.9 Å². The molecule has 1 aliphatic rings. The molecule has 1 aliphatic heterocycles. The number of H-pyrrole nitrogens is 1. The number of anilines is 3. The van der Waals surface area contributed by atoms with E-state index in [1.165, 1.54) is 6.20 Å². The number of aromatic amines is 1. The molecule has 0 spiro atoms. The third-order valence-electron chi connectivity index (χ3n) is 4.47. The lowest BCUT2D eigenvalue weighted by Crippen LogP contribution is -2.49. The Morgan fingerprint density at radius 3 is 2.83 bits per heavy atom. The Hall–Kier alpha value is -3.23. The number of amides is 2. The lowest BCUT2D eigenvalue weighted by molar-refractivity contribution is 0.0500. The molecule has 9 nitrogen and oxygen atoms in total. The van der Waals surface area contributed by atoms with Crippen molar-refractivity contribution in [1.82, 2.24) is 15.3 Å². The first-order valence-corrected chi connectivity index (χ1v) is 9.66. The van der Waals surface area contributed by atoms with E-state index in [2.05, 4.69) is 25.5 Å². The molecule has 0 unspecified atom stereocenters. The zero-order chi connectivity index (χ0) is 21.0. The molecule has 1 aromatic carbocycles. The molecular weight excluding hydrogens is 372 g/mol. The Bertz CT molecular complexity index is 860. The highest BCUT2D eigenvalue weighted by Crippen LogP contribution is 2.31. The Morgan fingerprint density at radius 2 is 2.14 bits per heavy atom. The van der Waals surface area contributed by atoms with Crippen molar-refractivity contribution in [2.45, 2.75) is 45.3 Å². The highest BCUT2D eigenvalue weighted by Gasteiger charge is 2.26. The highest BCUT2D eigenvalue weighted by atomic mass is 16.6. The van der Waals surface area contributed by atoms with Crippen molar-refractivity contribution in [2.75, 3.05) is 29.0 Å². The fraction of sp³-hybridized carbons (Fsp3) is 0.450. The molecule has 156 valence electrons. The second kappa shape index (κ2) is 8.42. The zero-order valence-corrected chi connectivity index (χ0v) is 17.0. The van der Waals surface area contributed by atoms with E-state index in [1.807, 2.05) is 26.8 Å². The highest BCUT2D eigenvalue weighted by molar-refractivity contribution is 6.04. The first-order valence-electron chi connectivity index (χ1n) is 9.66. The molecule has 29 heavy (non-hydrogen) atoms. The van der Waals surface area contributed by atoms with Crippen LogP contribution < -0.4 is 21.3 Å². The number of piperidine rings is 1. The number of aromatic nitrogens is 2. The summed E-state index contributed by atoms with van der Waals surface area (Å²) in [6.45, 7) is 6.92. The lowest BCUT2D eigenvalue weighted by Gasteiger charge is -2.36. The van der Waals surface area contributed by atoms with Gasteiger partial charge in [-0.15, -0.1) is 0 Å². The van der Waals surface area contributed by atoms with E-state index in [4.69, 9.17) is 10.5 Å². The fourth-order valence-corrected chi connectivity index (χ4v) is 3.29. The molecule has 0 radical (unpaired) electrons. The van der Waals surface area contributed by atoms with Gasteiger partial charge in [0.1, 0.15) is 5.60 Å². The van der Waals surface area contributed by atoms with E-state index >= 15 is 0 Å². The van der Waals surface area contributed by atoms with Crippen LogP contribution in [0.25, 0.3) is 0 Å². The Kier molecular flexibility index (Phi) is 5.95. The number of nitrogens with two attached hydrogens (primary N) is 1. The maximum atomic E-state index is 12.4. The first-order chi connectivity index (χ1) is 13.7. The van der Waals surface area contributed by atoms with Crippen LogP contribution in [0, 0.1) is 0 Å². The van der Waals surface area contributed by atoms with Crippen molar-refractivity contribution in [3.63, 3.8) is 0 Å². The van der Waals surface area contributed by atoms with E-state index in [0.717, 1.165) is 25.1 Å². The van der Waals surface area contributed by atoms with Crippen LogP contribution in [-0.2, 0) is 4.74 Å². The van der Waals surface area contributed by atoms with Crippen molar-refractivity contribution >= 4 is 29.1 Å². The molecule has 5 N–H and O–H groups in total. The largest absolute Gasteiger partial charge is 0.444 e. The molecule has 3 rings (SSSR count). The predicted molar refractivity (Wildman–Crippen MR) is 112 cm³/mol. The maximum absolute atomic E-state index is 12.4. The lowest BCUT2D eigenvalue weighted by atomic mass is 10.0. The second-order valence-electron chi connectivity index (χ2n) is 8.10. The minimum Gasteiger partial charge on any atom is -0.444 e. The molecule has 2 amide bonds. The van der Waals surface area contributed by atoms with Crippen molar-refractivity contribution in [2.24, 2.45) is 0 Å². The quantitative estimate of drug-likeness (QED) is 0.585. The number of nitrogens with zero attached hydrogens (tertiary/aromatic N) is 2. The summed E-state index contributed by atoms with van der Waals surface area (Å²) in [5.74, 6) is -0.122. The van der Waals surface area contributed by atoms with Gasteiger partial charge in [0.25, 0.3) is 5.91 Å². The van der Waals surface area contributed by atoms with Crippen LogP contribution in [0.1, 0.15) is 44.2 Å². The van der Waals surface area contributed by atoms with Crippen LogP contribution in [0.3, 0.4) is 0 Å². The minimum atomic E-state index is -0.543. The number of carbonyl (C=O) groups excluding carboxylic acids is 2. The molecule has 9 heteroatoms. The second-order valence-corrected chi connectivity index (χ2v) is 8.10. The van der Waals surface area contributed by atoms with Crippen LogP contribution in [0.5, 0.6) is 0 Å². The van der Waals surface area contributed by atoms with Crippen molar-refractivity contribution in [1.29, 1.82) is 0 Å². The van der Waals surface area contributed by atoms with E-state index < -0.39 is 11.7 Å². The van der Waals surface area contributed by atoms with Gasteiger partial charge in [0.2, 0.25) is 0 Å². The third-order valence-corrected chi connectivity index (χ3v) is 4.47. The number of imidazole rings is 1. The van der Waals surface area contributed by atoms with Crippen LogP contribution in [0.4, 0.5) is 21.9 Å². The van der Waals surface area contributed by atoms with Gasteiger partial charge >= 0.3 is 6.09 Å². The van der Waals surface area contributed by atoms with Crippen LogP contribution >= 0.6 is 0 Å². The molecule has 1 aromatic heterocycles. The normalized spacial score (nSPS) is 16.9. The summed E-state index contributed by atoms with van der Waals surface area (Å²) in [5, 5.41) is 5.81. The SMILES string of the molecule is CC(C)(C)OC(=O)N[C@@H]1CCCN(c2ccc(N)cc2NC(=O)c2ncc[nH]2)C1. The van der Waals surface area contributed by atoms with Crippen LogP contribution in [0.15, 0.2) is 30.6 Å². The van der Waals surface area contributed by atoms with Gasteiger partial charge in [-0.1, -0.05) is 0 Å². The van der Waals surface area contributed by atoms with Crippen molar-refractivity contribution < 1.29 is 14.3 Å². The van der Waals surface area contributed by atoms with Crippen LogP contribution in [0.2, 0.25) is 0 Å². The average molecular weight is 400 g/mol. The molecule has 1 atom stereocenters. The van der Waals surface area contributed by atoms with Crippen molar-refractivity contribution in [3.05, 3.63) is 36.4 Å². The number of alkyl carbamates (subject to hydrolysis) is 1. The number of nitrogen functional groups attached to an aromatic ring is 1. The molecule has 0 aliphatic carbocycles. The molecule has 1 fully saturated rings. The number of nitrogens with one attached hydrogen (secondary N) is 3. The predicted octanol–water partition coefficient (Wildman–Crippen LogP) is 2.74. The van der Waals surface area contributed by atoms with Crippen molar-refractivity contribution in [3.8, 4) is 0 Å².